The maximum Gasteiger partial charge on any atom is 0.157 e. The highest BCUT2D eigenvalue weighted by Crippen LogP contribution is 2.28. The molecule has 0 bridgehead atoms. The molecule has 18 heavy (non-hydrogen) atoms. The van der Waals surface area contributed by atoms with Crippen LogP contribution in [0.15, 0.2) is 0 Å². The molecule has 98 valence electrons. The van der Waals surface area contributed by atoms with Gasteiger partial charge in [-0.3, -0.25) is 0 Å². The van der Waals surface area contributed by atoms with Crippen LogP contribution in [0.5, 0.6) is 0 Å². The summed E-state index contributed by atoms with van der Waals surface area (Å²) >= 11 is 0. The zero-order valence-corrected chi connectivity index (χ0v) is 11.0. The predicted molar refractivity (Wildman–Crippen MR) is 69.4 cm³/mol. The minimum atomic E-state index is 0.140. The minimum absolute atomic E-state index is 0.140. The van der Waals surface area contributed by atoms with Gasteiger partial charge in [0.1, 0.15) is 6.10 Å². The van der Waals surface area contributed by atoms with Crippen LogP contribution in [0, 0.1) is 0 Å². The molecule has 0 aliphatic carbocycles. The Morgan fingerprint density at radius 2 is 2.33 bits per heavy atom. The van der Waals surface area contributed by atoms with E-state index in [0.29, 0.717) is 0 Å². The first-order valence-electron chi connectivity index (χ1n) is 7.09. The van der Waals surface area contributed by atoms with Crippen molar-refractivity contribution in [2.24, 2.45) is 0 Å². The molecule has 0 aromatic carbocycles. The highest BCUT2D eigenvalue weighted by Gasteiger charge is 2.24. The van der Waals surface area contributed by atoms with E-state index in [9.17, 15) is 0 Å². The van der Waals surface area contributed by atoms with E-state index in [1.165, 1.54) is 17.0 Å². The number of fused-ring (bicyclic) bond motifs is 1. The zero-order chi connectivity index (χ0) is 12.4. The van der Waals surface area contributed by atoms with Crippen LogP contribution in [0.1, 0.15) is 55.1 Å². The number of hydrogen-bond acceptors (Lipinski definition) is 4. The van der Waals surface area contributed by atoms with Crippen molar-refractivity contribution >= 4 is 0 Å². The standard InChI is InChI=1S/C14H21N3O/c1-2-4-11-10-9-15-7-6-12(10)17-14(16-11)13-5-3-8-18-13/h13,15H,2-9H2,1H3. The summed E-state index contributed by atoms with van der Waals surface area (Å²) in [6, 6.07) is 0. The molecule has 3 rings (SSSR count). The Balaban J connectivity index is 1.97. The van der Waals surface area contributed by atoms with Gasteiger partial charge in [0, 0.05) is 37.4 Å². The lowest BCUT2D eigenvalue weighted by Gasteiger charge is -2.21. The largest absolute Gasteiger partial charge is 0.370 e. The van der Waals surface area contributed by atoms with Gasteiger partial charge in [-0.15, -0.1) is 0 Å². The van der Waals surface area contributed by atoms with Crippen LogP contribution in [0.3, 0.4) is 0 Å². The third-order valence-corrected chi connectivity index (χ3v) is 3.74. The highest BCUT2D eigenvalue weighted by atomic mass is 16.5. The van der Waals surface area contributed by atoms with Gasteiger partial charge in [-0.05, 0) is 19.3 Å². The third kappa shape index (κ3) is 2.27. The number of hydrogen-bond donors (Lipinski definition) is 1. The summed E-state index contributed by atoms with van der Waals surface area (Å²) < 4.78 is 5.72. The number of aryl methyl sites for hydroxylation is 1. The Bertz CT molecular complexity index is 427. The Labute approximate surface area is 108 Å². The summed E-state index contributed by atoms with van der Waals surface area (Å²) in [5.74, 6) is 0.927. The third-order valence-electron chi connectivity index (χ3n) is 3.74. The quantitative estimate of drug-likeness (QED) is 0.886. The number of aromatic nitrogens is 2. The van der Waals surface area contributed by atoms with E-state index in [0.717, 1.165) is 57.6 Å². The molecule has 4 nitrogen and oxygen atoms in total. The molecule has 1 N–H and O–H groups in total. The molecule has 1 fully saturated rings. The molecule has 0 radical (unpaired) electrons. The van der Waals surface area contributed by atoms with Crippen molar-refractivity contribution in [3.05, 3.63) is 22.8 Å². The van der Waals surface area contributed by atoms with E-state index in [1.807, 2.05) is 0 Å². The maximum atomic E-state index is 5.72. The zero-order valence-electron chi connectivity index (χ0n) is 11.0. The summed E-state index contributed by atoms with van der Waals surface area (Å²) in [6.45, 7) is 5.02. The molecular weight excluding hydrogens is 226 g/mol. The first-order chi connectivity index (χ1) is 8.88. The van der Waals surface area contributed by atoms with Crippen molar-refractivity contribution in [2.75, 3.05) is 13.2 Å². The van der Waals surface area contributed by atoms with E-state index >= 15 is 0 Å². The van der Waals surface area contributed by atoms with Gasteiger partial charge in [-0.2, -0.15) is 0 Å². The smallest absolute Gasteiger partial charge is 0.157 e. The van der Waals surface area contributed by atoms with Crippen molar-refractivity contribution in [1.29, 1.82) is 0 Å². The van der Waals surface area contributed by atoms with Crippen molar-refractivity contribution in [1.82, 2.24) is 15.3 Å². The number of nitrogens with one attached hydrogen (secondary N) is 1. The summed E-state index contributed by atoms with van der Waals surface area (Å²) in [5, 5.41) is 3.42. The molecule has 2 aliphatic rings. The summed E-state index contributed by atoms with van der Waals surface area (Å²) in [4.78, 5) is 9.54. The number of ether oxygens (including phenoxy) is 1. The van der Waals surface area contributed by atoms with E-state index in [2.05, 4.69) is 12.2 Å². The molecule has 1 unspecified atom stereocenters. The molecule has 0 spiro atoms. The molecular formula is C14H21N3O. The molecule has 3 heterocycles. The van der Waals surface area contributed by atoms with Gasteiger partial charge in [-0.25, -0.2) is 9.97 Å². The molecule has 0 saturated carbocycles. The van der Waals surface area contributed by atoms with Gasteiger partial charge in [0.15, 0.2) is 5.82 Å². The average Bonchev–Trinajstić information content (AvgIpc) is 2.93. The predicted octanol–water partition coefficient (Wildman–Crippen LogP) is 1.93. The average molecular weight is 247 g/mol. The van der Waals surface area contributed by atoms with Gasteiger partial charge in [0.05, 0.1) is 5.69 Å². The second kappa shape index (κ2) is 5.33. The Morgan fingerprint density at radius 3 is 3.11 bits per heavy atom. The van der Waals surface area contributed by atoms with Crippen LogP contribution in [0.2, 0.25) is 0 Å². The van der Waals surface area contributed by atoms with Crippen LogP contribution in [-0.4, -0.2) is 23.1 Å². The molecule has 1 aromatic rings. The Kier molecular flexibility index (Phi) is 3.57. The van der Waals surface area contributed by atoms with Gasteiger partial charge in [0.25, 0.3) is 0 Å². The monoisotopic (exact) mass is 247 g/mol. The first-order valence-corrected chi connectivity index (χ1v) is 7.09. The number of rotatable bonds is 3. The fraction of sp³-hybridized carbons (Fsp3) is 0.714. The van der Waals surface area contributed by atoms with E-state index < -0.39 is 0 Å². The fourth-order valence-corrected chi connectivity index (χ4v) is 2.80. The van der Waals surface area contributed by atoms with E-state index in [4.69, 9.17) is 14.7 Å². The lowest BCUT2D eigenvalue weighted by molar-refractivity contribution is 0.104. The molecule has 1 aromatic heterocycles. The second-order valence-corrected chi connectivity index (χ2v) is 5.13. The second-order valence-electron chi connectivity index (χ2n) is 5.13. The topological polar surface area (TPSA) is 47.0 Å². The first kappa shape index (κ1) is 12.1. The molecule has 2 aliphatic heterocycles. The SMILES string of the molecule is CCCc1nc(C2CCCO2)nc2c1CNCC2. The van der Waals surface area contributed by atoms with Gasteiger partial charge >= 0.3 is 0 Å². The van der Waals surface area contributed by atoms with Gasteiger partial charge in [-0.1, -0.05) is 13.3 Å². The van der Waals surface area contributed by atoms with Crippen LogP contribution in [0.4, 0.5) is 0 Å². The molecule has 4 heteroatoms. The van der Waals surface area contributed by atoms with Crippen molar-refractivity contribution < 1.29 is 4.74 Å². The van der Waals surface area contributed by atoms with Crippen LogP contribution in [-0.2, 0) is 24.1 Å². The van der Waals surface area contributed by atoms with E-state index in [1.54, 1.807) is 0 Å². The highest BCUT2D eigenvalue weighted by molar-refractivity contribution is 5.29. The molecule has 0 amide bonds. The van der Waals surface area contributed by atoms with Crippen molar-refractivity contribution in [3.63, 3.8) is 0 Å². The van der Waals surface area contributed by atoms with Crippen molar-refractivity contribution in [2.45, 2.75) is 51.7 Å². The number of nitrogens with zero attached hydrogens (tertiary/aromatic N) is 2. The maximum absolute atomic E-state index is 5.72. The normalized spacial score (nSPS) is 23.1. The summed E-state index contributed by atoms with van der Waals surface area (Å²) in [7, 11) is 0. The summed E-state index contributed by atoms with van der Waals surface area (Å²) in [6.07, 6.45) is 5.55. The van der Waals surface area contributed by atoms with Crippen LogP contribution in [0.25, 0.3) is 0 Å². The van der Waals surface area contributed by atoms with E-state index in [-0.39, 0.29) is 6.10 Å². The lowest BCUT2D eigenvalue weighted by Crippen LogP contribution is -2.27. The van der Waals surface area contributed by atoms with Gasteiger partial charge in [0.2, 0.25) is 0 Å². The lowest BCUT2D eigenvalue weighted by atomic mass is 10.0. The molecule has 1 atom stereocenters. The van der Waals surface area contributed by atoms with Gasteiger partial charge < -0.3 is 10.1 Å². The fourth-order valence-electron chi connectivity index (χ4n) is 2.80. The van der Waals surface area contributed by atoms with Crippen LogP contribution >= 0.6 is 0 Å². The Morgan fingerprint density at radius 1 is 1.39 bits per heavy atom. The van der Waals surface area contributed by atoms with Crippen LogP contribution < -0.4 is 5.32 Å². The summed E-state index contributed by atoms with van der Waals surface area (Å²) in [5.41, 5.74) is 3.82. The van der Waals surface area contributed by atoms with Crippen molar-refractivity contribution in [3.8, 4) is 0 Å². The molecule has 1 saturated heterocycles. The Hall–Kier alpha value is -1.00. The minimum Gasteiger partial charge on any atom is -0.370 e.